The van der Waals surface area contributed by atoms with Crippen LogP contribution in [-0.4, -0.2) is 36.1 Å². The summed E-state index contributed by atoms with van der Waals surface area (Å²) in [5.74, 6) is -0.250. The quantitative estimate of drug-likeness (QED) is 0.898. The minimum atomic E-state index is -0.250. The predicted octanol–water partition coefficient (Wildman–Crippen LogP) is 1.83. The molecule has 1 atom stereocenters. The summed E-state index contributed by atoms with van der Waals surface area (Å²) in [5.41, 5.74) is 0.955. The van der Waals surface area contributed by atoms with E-state index in [1.807, 2.05) is 7.05 Å². The van der Waals surface area contributed by atoms with Gasteiger partial charge < -0.3 is 5.32 Å². The van der Waals surface area contributed by atoms with E-state index in [0.717, 1.165) is 25.2 Å². The van der Waals surface area contributed by atoms with Gasteiger partial charge in [-0.05, 0) is 38.1 Å². The Morgan fingerprint density at radius 3 is 3.06 bits per heavy atom. The van der Waals surface area contributed by atoms with Crippen LogP contribution in [0.5, 0.6) is 0 Å². The zero-order valence-electron chi connectivity index (χ0n) is 10.0. The van der Waals surface area contributed by atoms with Crippen LogP contribution in [-0.2, 0) is 6.54 Å². The number of pyridine rings is 1. The first-order chi connectivity index (χ1) is 7.78. The Hall–Kier alpha value is -0.710. The van der Waals surface area contributed by atoms with E-state index in [0.29, 0.717) is 6.04 Å². The van der Waals surface area contributed by atoms with E-state index in [2.05, 4.69) is 15.2 Å². The van der Waals surface area contributed by atoms with Crippen LogP contribution in [0.3, 0.4) is 0 Å². The fourth-order valence-corrected chi connectivity index (χ4v) is 2.24. The van der Waals surface area contributed by atoms with Crippen LogP contribution in [0.25, 0.3) is 0 Å². The molecule has 5 heteroatoms. The average molecular weight is 260 g/mol. The Labute approximate surface area is 108 Å². The number of hydrogen-bond acceptors (Lipinski definition) is 3. The van der Waals surface area contributed by atoms with Gasteiger partial charge in [-0.15, -0.1) is 12.4 Å². The maximum absolute atomic E-state index is 13.0. The van der Waals surface area contributed by atoms with Crippen molar-refractivity contribution < 1.29 is 4.39 Å². The summed E-state index contributed by atoms with van der Waals surface area (Å²) in [6, 6.07) is 2.13. The summed E-state index contributed by atoms with van der Waals surface area (Å²) >= 11 is 0. The van der Waals surface area contributed by atoms with E-state index in [4.69, 9.17) is 0 Å². The van der Waals surface area contributed by atoms with Crippen LogP contribution in [0, 0.1) is 5.82 Å². The minimum absolute atomic E-state index is 0. The van der Waals surface area contributed by atoms with Crippen LogP contribution < -0.4 is 5.32 Å². The SMILES string of the molecule is CNC1CCCN(Cc2cncc(F)c2)C1.Cl. The number of likely N-dealkylation sites (tertiary alicyclic amines) is 1. The van der Waals surface area contributed by atoms with Crippen molar-refractivity contribution in [1.29, 1.82) is 0 Å². The first-order valence-corrected chi connectivity index (χ1v) is 5.77. The molecule has 1 aliphatic rings. The van der Waals surface area contributed by atoms with Crippen LogP contribution in [0.2, 0.25) is 0 Å². The molecule has 0 aliphatic carbocycles. The van der Waals surface area contributed by atoms with E-state index in [-0.39, 0.29) is 18.2 Å². The molecule has 1 saturated heterocycles. The first-order valence-electron chi connectivity index (χ1n) is 5.77. The van der Waals surface area contributed by atoms with Crippen LogP contribution in [0.15, 0.2) is 18.5 Å². The van der Waals surface area contributed by atoms with E-state index >= 15 is 0 Å². The summed E-state index contributed by atoms with van der Waals surface area (Å²) < 4.78 is 13.0. The van der Waals surface area contributed by atoms with Crippen LogP contribution in [0.1, 0.15) is 18.4 Å². The maximum Gasteiger partial charge on any atom is 0.141 e. The van der Waals surface area contributed by atoms with Gasteiger partial charge in [0.15, 0.2) is 0 Å². The second-order valence-electron chi connectivity index (χ2n) is 4.37. The van der Waals surface area contributed by atoms with Crippen molar-refractivity contribution in [3.8, 4) is 0 Å². The van der Waals surface area contributed by atoms with Crippen LogP contribution in [0.4, 0.5) is 4.39 Å². The molecule has 2 rings (SSSR count). The second kappa shape index (κ2) is 6.89. The highest BCUT2D eigenvalue weighted by atomic mass is 35.5. The van der Waals surface area contributed by atoms with Gasteiger partial charge in [-0.3, -0.25) is 9.88 Å². The van der Waals surface area contributed by atoms with E-state index in [1.54, 1.807) is 12.3 Å². The average Bonchev–Trinajstić information content (AvgIpc) is 2.29. The molecule has 2 heterocycles. The van der Waals surface area contributed by atoms with Gasteiger partial charge in [-0.1, -0.05) is 0 Å². The molecule has 96 valence electrons. The van der Waals surface area contributed by atoms with Crippen molar-refractivity contribution in [2.75, 3.05) is 20.1 Å². The summed E-state index contributed by atoms with van der Waals surface area (Å²) in [7, 11) is 2.00. The van der Waals surface area contributed by atoms with Gasteiger partial charge in [-0.2, -0.15) is 0 Å². The van der Waals surface area contributed by atoms with Gasteiger partial charge in [0.25, 0.3) is 0 Å². The smallest absolute Gasteiger partial charge is 0.141 e. The third kappa shape index (κ3) is 4.22. The van der Waals surface area contributed by atoms with Crippen LogP contribution >= 0.6 is 12.4 Å². The Balaban J connectivity index is 0.00000144. The summed E-state index contributed by atoms with van der Waals surface area (Å²) in [4.78, 5) is 6.22. The molecule has 0 amide bonds. The molecule has 0 radical (unpaired) electrons. The van der Waals surface area contributed by atoms with Gasteiger partial charge in [-0.25, -0.2) is 4.39 Å². The number of nitrogens with zero attached hydrogens (tertiary/aromatic N) is 2. The molecule has 0 saturated carbocycles. The number of aromatic nitrogens is 1. The molecule has 1 aromatic heterocycles. The molecular formula is C12H19ClFN3. The molecular weight excluding hydrogens is 241 g/mol. The van der Waals surface area contributed by atoms with Crippen molar-refractivity contribution in [3.63, 3.8) is 0 Å². The fraction of sp³-hybridized carbons (Fsp3) is 0.583. The lowest BCUT2D eigenvalue weighted by Crippen LogP contribution is -2.43. The van der Waals surface area contributed by atoms with E-state index in [1.165, 1.54) is 19.0 Å². The highest BCUT2D eigenvalue weighted by Gasteiger charge is 2.18. The molecule has 0 aromatic carbocycles. The molecule has 3 nitrogen and oxygen atoms in total. The monoisotopic (exact) mass is 259 g/mol. The molecule has 1 aliphatic heterocycles. The lowest BCUT2D eigenvalue weighted by Gasteiger charge is -2.32. The molecule has 1 fully saturated rings. The van der Waals surface area contributed by atoms with Crippen molar-refractivity contribution in [3.05, 3.63) is 29.8 Å². The van der Waals surface area contributed by atoms with Crippen molar-refractivity contribution in [1.82, 2.24) is 15.2 Å². The zero-order valence-corrected chi connectivity index (χ0v) is 10.8. The van der Waals surface area contributed by atoms with Crippen molar-refractivity contribution in [2.45, 2.75) is 25.4 Å². The topological polar surface area (TPSA) is 28.2 Å². The number of halogens is 2. The highest BCUT2D eigenvalue weighted by molar-refractivity contribution is 5.85. The molecule has 0 spiro atoms. The largest absolute Gasteiger partial charge is 0.316 e. The Bertz CT molecular complexity index is 348. The van der Waals surface area contributed by atoms with E-state index < -0.39 is 0 Å². The van der Waals surface area contributed by atoms with Crippen molar-refractivity contribution >= 4 is 12.4 Å². The van der Waals surface area contributed by atoms with E-state index in [9.17, 15) is 4.39 Å². The number of hydrogen-bond donors (Lipinski definition) is 1. The Kier molecular flexibility index (Phi) is 5.82. The summed E-state index contributed by atoms with van der Waals surface area (Å²) in [6.45, 7) is 2.92. The van der Waals surface area contributed by atoms with Gasteiger partial charge >= 0.3 is 0 Å². The molecule has 0 bridgehead atoms. The lowest BCUT2D eigenvalue weighted by atomic mass is 10.1. The van der Waals surface area contributed by atoms with Gasteiger partial charge in [0.2, 0.25) is 0 Å². The molecule has 1 N–H and O–H groups in total. The predicted molar refractivity (Wildman–Crippen MR) is 68.8 cm³/mol. The zero-order chi connectivity index (χ0) is 11.4. The number of piperidine rings is 1. The maximum atomic E-state index is 13.0. The second-order valence-corrected chi connectivity index (χ2v) is 4.37. The third-order valence-corrected chi connectivity index (χ3v) is 3.08. The summed E-state index contributed by atoms with van der Waals surface area (Å²) in [6.07, 6.45) is 5.42. The minimum Gasteiger partial charge on any atom is -0.316 e. The van der Waals surface area contributed by atoms with Crippen molar-refractivity contribution in [2.24, 2.45) is 0 Å². The summed E-state index contributed by atoms with van der Waals surface area (Å²) in [5, 5.41) is 3.30. The normalized spacial score (nSPS) is 20.9. The standard InChI is InChI=1S/C12H18FN3.ClH/c1-14-12-3-2-4-16(9-12)8-10-5-11(13)7-15-6-10;/h5-7,12,14H,2-4,8-9H2,1H3;1H. The lowest BCUT2D eigenvalue weighted by molar-refractivity contribution is 0.187. The first kappa shape index (κ1) is 14.4. The third-order valence-electron chi connectivity index (χ3n) is 3.08. The molecule has 1 aromatic rings. The Morgan fingerprint density at radius 2 is 2.35 bits per heavy atom. The van der Waals surface area contributed by atoms with Gasteiger partial charge in [0, 0.05) is 25.3 Å². The van der Waals surface area contributed by atoms with Gasteiger partial charge in [0.05, 0.1) is 6.20 Å². The number of likely N-dealkylation sites (N-methyl/N-ethyl adjacent to an activating group) is 1. The Morgan fingerprint density at radius 1 is 1.53 bits per heavy atom. The number of rotatable bonds is 3. The number of nitrogens with one attached hydrogen (secondary N) is 1. The van der Waals surface area contributed by atoms with Gasteiger partial charge in [0.1, 0.15) is 5.82 Å². The highest BCUT2D eigenvalue weighted by Crippen LogP contribution is 2.13. The molecule has 1 unspecified atom stereocenters. The molecule has 17 heavy (non-hydrogen) atoms. The fourth-order valence-electron chi connectivity index (χ4n) is 2.24.